The van der Waals surface area contributed by atoms with Crippen molar-refractivity contribution < 1.29 is 4.79 Å². The van der Waals surface area contributed by atoms with Gasteiger partial charge in [0.2, 0.25) is 0 Å². The zero-order valence-corrected chi connectivity index (χ0v) is 17.3. The number of carbonyl (C=O) groups excluding carboxylic acids is 1. The molecule has 7 heteroatoms. The number of nitrogens with one attached hydrogen (secondary N) is 2. The molecule has 1 saturated heterocycles. The predicted octanol–water partition coefficient (Wildman–Crippen LogP) is 3.70. The predicted molar refractivity (Wildman–Crippen MR) is 115 cm³/mol. The zero-order valence-electron chi connectivity index (χ0n) is 16.5. The van der Waals surface area contributed by atoms with Crippen LogP contribution < -0.4 is 15.5 Å². The standard InChI is InChI=1S/C21H29N5OS/c1-16(26-11-7-19-17(15-26)8-12-28-19)13-23-21(27)24-18-5-6-20(22-14-18)25-9-3-2-4-10-25/h5-6,8,12,14,16H,2-4,7,9-11,13,15H2,1H3,(H2,23,24,27). The third-order valence-corrected chi connectivity index (χ3v) is 6.73. The highest BCUT2D eigenvalue weighted by Gasteiger charge is 2.21. The van der Waals surface area contributed by atoms with Crippen LogP contribution in [0, 0.1) is 0 Å². The molecule has 4 rings (SSSR count). The molecule has 1 unspecified atom stereocenters. The van der Waals surface area contributed by atoms with Crippen molar-refractivity contribution >= 4 is 28.9 Å². The molecule has 2 amide bonds. The molecule has 1 fully saturated rings. The van der Waals surface area contributed by atoms with E-state index in [-0.39, 0.29) is 6.03 Å². The minimum absolute atomic E-state index is 0.174. The topological polar surface area (TPSA) is 60.5 Å². The van der Waals surface area contributed by atoms with Gasteiger partial charge in [-0.1, -0.05) is 0 Å². The van der Waals surface area contributed by atoms with Crippen LogP contribution in [0.3, 0.4) is 0 Å². The highest BCUT2D eigenvalue weighted by molar-refractivity contribution is 7.10. The maximum Gasteiger partial charge on any atom is 0.319 e. The molecule has 0 aromatic carbocycles. The van der Waals surface area contributed by atoms with E-state index in [4.69, 9.17) is 0 Å². The fourth-order valence-corrected chi connectivity index (χ4v) is 4.85. The number of piperidine rings is 1. The van der Waals surface area contributed by atoms with E-state index < -0.39 is 0 Å². The smallest absolute Gasteiger partial charge is 0.319 e. The fraction of sp³-hybridized carbons (Fsp3) is 0.524. The summed E-state index contributed by atoms with van der Waals surface area (Å²) in [6, 6.07) is 6.28. The van der Waals surface area contributed by atoms with Crippen molar-refractivity contribution in [1.29, 1.82) is 0 Å². The number of urea groups is 1. The van der Waals surface area contributed by atoms with Crippen LogP contribution >= 0.6 is 11.3 Å². The second-order valence-electron chi connectivity index (χ2n) is 7.73. The molecule has 2 N–H and O–H groups in total. The minimum Gasteiger partial charge on any atom is -0.357 e. The van der Waals surface area contributed by atoms with Gasteiger partial charge in [-0.2, -0.15) is 0 Å². The molecule has 0 bridgehead atoms. The third-order valence-electron chi connectivity index (χ3n) is 5.70. The third kappa shape index (κ3) is 4.64. The summed E-state index contributed by atoms with van der Waals surface area (Å²) in [5, 5.41) is 8.07. The van der Waals surface area contributed by atoms with E-state index in [2.05, 4.69) is 43.8 Å². The monoisotopic (exact) mass is 399 g/mol. The van der Waals surface area contributed by atoms with Crippen molar-refractivity contribution in [2.24, 2.45) is 0 Å². The molecule has 0 spiro atoms. The Hall–Kier alpha value is -2.12. The Morgan fingerprint density at radius 2 is 2.07 bits per heavy atom. The molecule has 0 saturated carbocycles. The van der Waals surface area contributed by atoms with Gasteiger partial charge in [-0.05, 0) is 61.7 Å². The Morgan fingerprint density at radius 1 is 1.21 bits per heavy atom. The molecule has 0 aliphatic carbocycles. The lowest BCUT2D eigenvalue weighted by atomic mass is 10.1. The Balaban J connectivity index is 1.23. The Morgan fingerprint density at radius 3 is 2.86 bits per heavy atom. The molecule has 6 nitrogen and oxygen atoms in total. The summed E-state index contributed by atoms with van der Waals surface area (Å²) in [7, 11) is 0. The summed E-state index contributed by atoms with van der Waals surface area (Å²) < 4.78 is 0. The number of thiophene rings is 1. The van der Waals surface area contributed by atoms with Gasteiger partial charge in [-0.15, -0.1) is 11.3 Å². The molecule has 1 atom stereocenters. The number of amides is 2. The van der Waals surface area contributed by atoms with E-state index in [1.54, 1.807) is 6.20 Å². The van der Waals surface area contributed by atoms with E-state index in [9.17, 15) is 4.79 Å². The van der Waals surface area contributed by atoms with Crippen molar-refractivity contribution in [2.45, 2.75) is 45.2 Å². The van der Waals surface area contributed by atoms with Gasteiger partial charge in [0.1, 0.15) is 5.82 Å². The summed E-state index contributed by atoms with van der Waals surface area (Å²) in [5.41, 5.74) is 2.17. The number of anilines is 2. The molecule has 150 valence electrons. The van der Waals surface area contributed by atoms with Crippen molar-refractivity contribution in [3.8, 4) is 0 Å². The first kappa shape index (κ1) is 19.2. The summed E-state index contributed by atoms with van der Waals surface area (Å²) in [6.45, 7) is 6.98. The van der Waals surface area contributed by atoms with Gasteiger partial charge in [0.15, 0.2) is 0 Å². The summed E-state index contributed by atoms with van der Waals surface area (Å²) in [5.74, 6) is 0.997. The van der Waals surface area contributed by atoms with Gasteiger partial charge in [-0.25, -0.2) is 9.78 Å². The van der Waals surface area contributed by atoms with Crippen LogP contribution in [-0.2, 0) is 13.0 Å². The molecular formula is C21H29N5OS. The maximum atomic E-state index is 12.3. The number of rotatable bonds is 5. The van der Waals surface area contributed by atoms with E-state index in [0.717, 1.165) is 44.1 Å². The Labute approximate surface area is 170 Å². The average Bonchev–Trinajstić information content (AvgIpc) is 3.21. The van der Waals surface area contributed by atoms with Gasteiger partial charge >= 0.3 is 6.03 Å². The number of hydrogen-bond acceptors (Lipinski definition) is 5. The summed E-state index contributed by atoms with van der Waals surface area (Å²) in [4.78, 5) is 23.0. The van der Waals surface area contributed by atoms with Gasteiger partial charge in [0, 0.05) is 43.6 Å². The summed E-state index contributed by atoms with van der Waals surface area (Å²) in [6.07, 6.45) is 6.62. The maximum absolute atomic E-state index is 12.3. The van der Waals surface area contributed by atoms with E-state index >= 15 is 0 Å². The SMILES string of the molecule is CC(CNC(=O)Nc1ccc(N2CCCCC2)nc1)N1CCc2sccc2C1. The lowest BCUT2D eigenvalue weighted by molar-refractivity contribution is 0.188. The van der Waals surface area contributed by atoms with E-state index in [1.807, 2.05) is 23.5 Å². The van der Waals surface area contributed by atoms with Crippen LogP contribution in [0.2, 0.25) is 0 Å². The number of pyridine rings is 1. The molecule has 28 heavy (non-hydrogen) atoms. The van der Waals surface area contributed by atoms with Gasteiger partial charge in [-0.3, -0.25) is 4.90 Å². The van der Waals surface area contributed by atoms with Gasteiger partial charge < -0.3 is 15.5 Å². The second kappa shape index (κ2) is 8.92. The Kier molecular flexibility index (Phi) is 6.12. The average molecular weight is 400 g/mol. The van der Waals surface area contributed by atoms with E-state index in [1.165, 1.54) is 29.7 Å². The van der Waals surface area contributed by atoms with Crippen molar-refractivity contribution in [3.05, 3.63) is 40.2 Å². The van der Waals surface area contributed by atoms with Crippen molar-refractivity contribution in [3.63, 3.8) is 0 Å². The first-order chi connectivity index (χ1) is 13.7. The van der Waals surface area contributed by atoms with Crippen LogP contribution in [0.25, 0.3) is 0 Å². The van der Waals surface area contributed by atoms with Gasteiger partial charge in [0.25, 0.3) is 0 Å². The van der Waals surface area contributed by atoms with Crippen molar-refractivity contribution in [1.82, 2.24) is 15.2 Å². The molecule has 2 aliphatic heterocycles. The molecule has 4 heterocycles. The zero-order chi connectivity index (χ0) is 19.3. The Bertz CT molecular complexity index is 784. The van der Waals surface area contributed by atoms with Gasteiger partial charge in [0.05, 0.1) is 11.9 Å². The number of aromatic nitrogens is 1. The highest BCUT2D eigenvalue weighted by Crippen LogP contribution is 2.25. The van der Waals surface area contributed by atoms with E-state index in [0.29, 0.717) is 12.6 Å². The van der Waals surface area contributed by atoms with Crippen LogP contribution in [0.4, 0.5) is 16.3 Å². The lowest BCUT2D eigenvalue weighted by Crippen LogP contribution is -2.45. The minimum atomic E-state index is -0.174. The second-order valence-corrected chi connectivity index (χ2v) is 8.73. The van der Waals surface area contributed by atoms with Crippen LogP contribution in [-0.4, -0.2) is 48.1 Å². The number of nitrogens with zero attached hydrogens (tertiary/aromatic N) is 3. The van der Waals surface area contributed by atoms with Crippen LogP contribution in [0.15, 0.2) is 29.8 Å². The molecule has 2 aromatic rings. The highest BCUT2D eigenvalue weighted by atomic mass is 32.1. The molecule has 2 aliphatic rings. The summed E-state index contributed by atoms with van der Waals surface area (Å²) >= 11 is 1.85. The number of hydrogen-bond donors (Lipinski definition) is 2. The first-order valence-electron chi connectivity index (χ1n) is 10.2. The fourth-order valence-electron chi connectivity index (χ4n) is 3.96. The molecular weight excluding hydrogens is 370 g/mol. The largest absolute Gasteiger partial charge is 0.357 e. The molecule has 2 aromatic heterocycles. The van der Waals surface area contributed by atoms with Crippen molar-refractivity contribution in [2.75, 3.05) is 36.4 Å². The normalized spacial score (nSPS) is 18.4. The number of fused-ring (bicyclic) bond motifs is 1. The first-order valence-corrected chi connectivity index (χ1v) is 11.1. The molecule has 0 radical (unpaired) electrons. The number of carbonyl (C=O) groups is 1. The quantitative estimate of drug-likeness (QED) is 0.805. The lowest BCUT2D eigenvalue weighted by Gasteiger charge is -2.32. The van der Waals surface area contributed by atoms with Crippen LogP contribution in [0.5, 0.6) is 0 Å². The van der Waals surface area contributed by atoms with Crippen LogP contribution in [0.1, 0.15) is 36.6 Å².